The van der Waals surface area contributed by atoms with E-state index in [0.29, 0.717) is 5.46 Å². The highest BCUT2D eigenvalue weighted by molar-refractivity contribution is 6.59. The summed E-state index contributed by atoms with van der Waals surface area (Å²) in [5.41, 5.74) is 1.64. The second kappa shape index (κ2) is 5.15. The third-order valence-corrected chi connectivity index (χ3v) is 2.23. The lowest BCUT2D eigenvalue weighted by atomic mass is 9.76. The highest BCUT2D eigenvalue weighted by Crippen LogP contribution is 1.96. The van der Waals surface area contributed by atoms with E-state index in [1.807, 2.05) is 18.2 Å². The van der Waals surface area contributed by atoms with Crippen LogP contribution in [0.3, 0.4) is 0 Å². The van der Waals surface area contributed by atoms with Gasteiger partial charge in [0.15, 0.2) is 0 Å². The fourth-order valence-electron chi connectivity index (χ4n) is 1.40. The van der Waals surface area contributed by atoms with Crippen LogP contribution in [0.15, 0.2) is 24.3 Å². The maximum absolute atomic E-state index is 9.12. The maximum Gasteiger partial charge on any atom is 0.488 e. The molecule has 0 aliphatic carbocycles. The molecule has 0 atom stereocenters. The van der Waals surface area contributed by atoms with Crippen molar-refractivity contribution in [2.45, 2.75) is 6.42 Å². The molecular formula is C10H17BNO2+. The zero-order chi connectivity index (χ0) is 10.6. The predicted molar refractivity (Wildman–Crippen MR) is 57.6 cm³/mol. The van der Waals surface area contributed by atoms with Gasteiger partial charge in [0, 0.05) is 6.42 Å². The van der Waals surface area contributed by atoms with Crippen molar-refractivity contribution in [2.75, 3.05) is 20.6 Å². The van der Waals surface area contributed by atoms with Crippen LogP contribution in [0.1, 0.15) is 5.56 Å². The van der Waals surface area contributed by atoms with Crippen LogP contribution in [0.25, 0.3) is 0 Å². The molecule has 0 heterocycles. The van der Waals surface area contributed by atoms with E-state index in [-0.39, 0.29) is 0 Å². The Hall–Kier alpha value is -0.835. The lowest BCUT2D eigenvalue weighted by Gasteiger charge is -2.10. The molecule has 4 heteroatoms. The van der Waals surface area contributed by atoms with E-state index < -0.39 is 7.12 Å². The van der Waals surface area contributed by atoms with Crippen molar-refractivity contribution in [3.63, 3.8) is 0 Å². The standard InChI is InChI=1S/C10H16BNO2/c1-12(2)8-7-9-5-3-4-6-10(9)11(13)14/h3-6,13-14H,7-8H2,1-2H3/p+1. The average molecular weight is 194 g/mol. The van der Waals surface area contributed by atoms with Gasteiger partial charge in [0.1, 0.15) is 0 Å². The van der Waals surface area contributed by atoms with Gasteiger partial charge in [0.25, 0.3) is 0 Å². The summed E-state index contributed by atoms with van der Waals surface area (Å²) in [4.78, 5) is 1.35. The van der Waals surface area contributed by atoms with Crippen molar-refractivity contribution in [1.29, 1.82) is 0 Å². The van der Waals surface area contributed by atoms with Gasteiger partial charge in [-0.2, -0.15) is 0 Å². The molecule has 0 aliphatic heterocycles. The first-order valence-corrected chi connectivity index (χ1v) is 4.84. The smallest absolute Gasteiger partial charge is 0.423 e. The summed E-state index contributed by atoms with van der Waals surface area (Å²) in [5.74, 6) is 0. The Morgan fingerprint density at radius 3 is 2.43 bits per heavy atom. The Kier molecular flexibility index (Phi) is 4.13. The van der Waals surface area contributed by atoms with Crippen LogP contribution in [0.5, 0.6) is 0 Å². The summed E-state index contributed by atoms with van der Waals surface area (Å²) < 4.78 is 0. The Morgan fingerprint density at radius 2 is 1.86 bits per heavy atom. The van der Waals surface area contributed by atoms with Gasteiger partial charge < -0.3 is 14.9 Å². The van der Waals surface area contributed by atoms with Gasteiger partial charge in [-0.05, 0) is 11.0 Å². The molecule has 0 aromatic heterocycles. The quantitative estimate of drug-likeness (QED) is 0.488. The van der Waals surface area contributed by atoms with Crippen molar-refractivity contribution >= 4 is 12.6 Å². The molecule has 0 aliphatic rings. The van der Waals surface area contributed by atoms with Crippen LogP contribution < -0.4 is 10.4 Å². The van der Waals surface area contributed by atoms with E-state index in [1.165, 1.54) is 4.90 Å². The van der Waals surface area contributed by atoms with E-state index >= 15 is 0 Å². The lowest BCUT2D eigenvalue weighted by molar-refractivity contribution is -0.858. The molecule has 0 spiro atoms. The van der Waals surface area contributed by atoms with E-state index in [9.17, 15) is 0 Å². The Bertz CT molecular complexity index is 289. The van der Waals surface area contributed by atoms with E-state index in [2.05, 4.69) is 14.1 Å². The third kappa shape index (κ3) is 3.14. The van der Waals surface area contributed by atoms with Crippen LogP contribution in [0.2, 0.25) is 0 Å². The molecule has 1 aromatic rings. The minimum atomic E-state index is -1.36. The average Bonchev–Trinajstić information content (AvgIpc) is 2.15. The normalized spacial score (nSPS) is 10.6. The molecule has 1 rings (SSSR count). The largest absolute Gasteiger partial charge is 0.488 e. The number of hydrogen-bond acceptors (Lipinski definition) is 2. The van der Waals surface area contributed by atoms with E-state index in [4.69, 9.17) is 10.0 Å². The van der Waals surface area contributed by atoms with E-state index in [1.54, 1.807) is 6.07 Å². The van der Waals surface area contributed by atoms with Crippen molar-refractivity contribution in [3.05, 3.63) is 29.8 Å². The topological polar surface area (TPSA) is 44.9 Å². The monoisotopic (exact) mass is 194 g/mol. The Labute approximate surface area is 85.1 Å². The van der Waals surface area contributed by atoms with Crippen LogP contribution >= 0.6 is 0 Å². The molecule has 0 saturated heterocycles. The number of rotatable bonds is 4. The first-order chi connectivity index (χ1) is 6.61. The molecule has 0 bridgehead atoms. The molecule has 76 valence electrons. The van der Waals surface area contributed by atoms with Crippen LogP contribution in [0.4, 0.5) is 0 Å². The molecule has 0 amide bonds. The van der Waals surface area contributed by atoms with Crippen molar-refractivity contribution in [2.24, 2.45) is 0 Å². The van der Waals surface area contributed by atoms with Gasteiger partial charge in [-0.1, -0.05) is 24.3 Å². The zero-order valence-electron chi connectivity index (χ0n) is 8.70. The third-order valence-electron chi connectivity index (χ3n) is 2.23. The predicted octanol–water partition coefficient (Wildman–Crippen LogP) is -1.95. The summed E-state index contributed by atoms with van der Waals surface area (Å²) in [5, 5.41) is 18.2. The molecule has 14 heavy (non-hydrogen) atoms. The molecule has 0 unspecified atom stereocenters. The first-order valence-electron chi connectivity index (χ1n) is 4.84. The van der Waals surface area contributed by atoms with Gasteiger partial charge in [-0.3, -0.25) is 0 Å². The van der Waals surface area contributed by atoms with Gasteiger partial charge in [-0.25, -0.2) is 0 Å². The van der Waals surface area contributed by atoms with Gasteiger partial charge in [-0.15, -0.1) is 0 Å². The molecular weight excluding hydrogens is 177 g/mol. The van der Waals surface area contributed by atoms with Crippen molar-refractivity contribution in [3.8, 4) is 0 Å². The van der Waals surface area contributed by atoms with Crippen molar-refractivity contribution in [1.82, 2.24) is 0 Å². The second-order valence-corrected chi connectivity index (χ2v) is 3.78. The lowest BCUT2D eigenvalue weighted by Crippen LogP contribution is -3.06. The molecule has 1 aromatic carbocycles. The van der Waals surface area contributed by atoms with Crippen LogP contribution in [0, 0.1) is 0 Å². The SMILES string of the molecule is C[NH+](C)CCc1ccccc1B(O)O. The minimum absolute atomic E-state index is 0.619. The second-order valence-electron chi connectivity index (χ2n) is 3.78. The number of hydrogen-bond donors (Lipinski definition) is 3. The Morgan fingerprint density at radius 1 is 1.21 bits per heavy atom. The molecule has 0 saturated carbocycles. The summed E-state index contributed by atoms with van der Waals surface area (Å²) in [6, 6.07) is 7.44. The Balaban J connectivity index is 2.74. The van der Waals surface area contributed by atoms with Gasteiger partial charge in [0.05, 0.1) is 20.6 Å². The fraction of sp³-hybridized carbons (Fsp3) is 0.400. The van der Waals surface area contributed by atoms with Crippen LogP contribution in [-0.2, 0) is 6.42 Å². The molecule has 3 N–H and O–H groups in total. The number of likely N-dealkylation sites (N-methyl/N-ethyl adjacent to an activating group) is 1. The summed E-state index contributed by atoms with van der Waals surface area (Å²) >= 11 is 0. The fourth-order valence-corrected chi connectivity index (χ4v) is 1.40. The van der Waals surface area contributed by atoms with E-state index in [0.717, 1.165) is 18.5 Å². The number of nitrogens with one attached hydrogen (secondary N) is 1. The zero-order valence-corrected chi connectivity index (χ0v) is 8.70. The maximum atomic E-state index is 9.12. The molecule has 0 fully saturated rings. The summed E-state index contributed by atoms with van der Waals surface area (Å²) in [6.45, 7) is 0.990. The summed E-state index contributed by atoms with van der Waals surface area (Å²) in [7, 11) is 2.80. The highest BCUT2D eigenvalue weighted by Gasteiger charge is 2.15. The number of quaternary nitrogens is 1. The summed E-state index contributed by atoms with van der Waals surface area (Å²) in [6.07, 6.45) is 0.871. The van der Waals surface area contributed by atoms with Crippen LogP contribution in [-0.4, -0.2) is 37.8 Å². The van der Waals surface area contributed by atoms with Gasteiger partial charge >= 0.3 is 7.12 Å². The highest BCUT2D eigenvalue weighted by atomic mass is 16.4. The van der Waals surface area contributed by atoms with Gasteiger partial charge in [0.2, 0.25) is 0 Å². The van der Waals surface area contributed by atoms with Crippen molar-refractivity contribution < 1.29 is 14.9 Å². The first kappa shape index (κ1) is 11.2. The molecule has 3 nitrogen and oxygen atoms in total. The number of benzene rings is 1. The minimum Gasteiger partial charge on any atom is -0.423 e. The molecule has 0 radical (unpaired) electrons.